The molecule has 1 aromatic rings. The van der Waals surface area contributed by atoms with E-state index in [-0.39, 0.29) is 6.10 Å². The van der Waals surface area contributed by atoms with Gasteiger partial charge in [0, 0.05) is 25.7 Å². The average molecular weight is 262 g/mol. The first-order valence-corrected chi connectivity index (χ1v) is 7.31. The maximum atomic E-state index is 5.75. The van der Waals surface area contributed by atoms with Gasteiger partial charge in [0.1, 0.15) is 0 Å². The summed E-state index contributed by atoms with van der Waals surface area (Å²) >= 11 is 0. The summed E-state index contributed by atoms with van der Waals surface area (Å²) in [7, 11) is 0. The van der Waals surface area contributed by atoms with Gasteiger partial charge in [-0.25, -0.2) is 0 Å². The Bertz CT molecular complexity index is 366. The lowest BCUT2D eigenvalue weighted by molar-refractivity contribution is -0.0418. The zero-order chi connectivity index (χ0) is 13.7. The van der Waals surface area contributed by atoms with Gasteiger partial charge >= 0.3 is 0 Å². The van der Waals surface area contributed by atoms with E-state index in [1.54, 1.807) is 0 Å². The number of hydrogen-bond acceptors (Lipinski definition) is 3. The van der Waals surface area contributed by atoms with Gasteiger partial charge in [-0.3, -0.25) is 4.90 Å². The van der Waals surface area contributed by atoms with Crippen LogP contribution in [0, 0.1) is 5.92 Å². The minimum Gasteiger partial charge on any atom is -0.374 e. The quantitative estimate of drug-likeness (QED) is 0.885. The van der Waals surface area contributed by atoms with Crippen LogP contribution in [0.15, 0.2) is 30.3 Å². The van der Waals surface area contributed by atoms with E-state index in [1.807, 2.05) is 0 Å². The van der Waals surface area contributed by atoms with Crippen LogP contribution >= 0.6 is 0 Å². The molecule has 0 aliphatic carbocycles. The molecule has 1 saturated heterocycles. The maximum absolute atomic E-state index is 5.75. The van der Waals surface area contributed by atoms with Crippen molar-refractivity contribution in [3.8, 4) is 0 Å². The predicted octanol–water partition coefficient (Wildman–Crippen LogP) is 2.43. The second kappa shape index (κ2) is 7.04. The first kappa shape index (κ1) is 14.5. The summed E-state index contributed by atoms with van der Waals surface area (Å²) in [5.41, 5.74) is 7.16. The lowest BCUT2D eigenvalue weighted by atomic mass is 9.95. The molecule has 0 aromatic heterocycles. The lowest BCUT2D eigenvalue weighted by Crippen LogP contribution is -2.47. The molecule has 3 heteroatoms. The fourth-order valence-corrected chi connectivity index (χ4v) is 2.79. The van der Waals surface area contributed by atoms with Gasteiger partial charge in [0.15, 0.2) is 0 Å². The molecule has 1 heterocycles. The molecule has 19 heavy (non-hydrogen) atoms. The smallest absolute Gasteiger partial charge is 0.0824 e. The van der Waals surface area contributed by atoms with E-state index in [1.165, 1.54) is 12.0 Å². The first-order valence-electron chi connectivity index (χ1n) is 7.31. The van der Waals surface area contributed by atoms with E-state index in [4.69, 9.17) is 10.5 Å². The van der Waals surface area contributed by atoms with Crippen molar-refractivity contribution in [2.75, 3.05) is 26.2 Å². The highest BCUT2D eigenvalue weighted by molar-refractivity contribution is 5.19. The number of morpholine rings is 1. The van der Waals surface area contributed by atoms with Crippen molar-refractivity contribution in [1.82, 2.24) is 4.90 Å². The molecule has 106 valence electrons. The Kier molecular flexibility index (Phi) is 5.37. The number of nitrogens with zero attached hydrogens (tertiary/aromatic N) is 1. The molecule has 0 radical (unpaired) electrons. The van der Waals surface area contributed by atoms with Crippen LogP contribution in [0.25, 0.3) is 0 Å². The molecule has 1 fully saturated rings. The molecule has 0 amide bonds. The summed E-state index contributed by atoms with van der Waals surface area (Å²) in [5.74, 6) is 0.685. The maximum Gasteiger partial charge on any atom is 0.0824 e. The lowest BCUT2D eigenvalue weighted by Gasteiger charge is -2.39. The van der Waals surface area contributed by atoms with Gasteiger partial charge in [-0.05, 0) is 17.9 Å². The van der Waals surface area contributed by atoms with Crippen molar-refractivity contribution >= 4 is 0 Å². The van der Waals surface area contributed by atoms with E-state index in [0.717, 1.165) is 19.7 Å². The van der Waals surface area contributed by atoms with Crippen molar-refractivity contribution in [3.63, 3.8) is 0 Å². The van der Waals surface area contributed by atoms with Crippen LogP contribution in [0.3, 0.4) is 0 Å². The van der Waals surface area contributed by atoms with Crippen LogP contribution in [0.5, 0.6) is 0 Å². The van der Waals surface area contributed by atoms with E-state index in [2.05, 4.69) is 49.1 Å². The highest BCUT2D eigenvalue weighted by atomic mass is 16.5. The van der Waals surface area contributed by atoms with Gasteiger partial charge < -0.3 is 10.5 Å². The first-order chi connectivity index (χ1) is 9.20. The molecule has 2 atom stereocenters. The molecule has 2 unspecified atom stereocenters. The van der Waals surface area contributed by atoms with Gasteiger partial charge in [0.05, 0.1) is 12.7 Å². The predicted molar refractivity (Wildman–Crippen MR) is 79.0 cm³/mol. The fourth-order valence-electron chi connectivity index (χ4n) is 2.79. The zero-order valence-corrected chi connectivity index (χ0v) is 12.1. The molecule has 2 rings (SSSR count). The van der Waals surface area contributed by atoms with Gasteiger partial charge in [-0.15, -0.1) is 0 Å². The summed E-state index contributed by atoms with van der Waals surface area (Å²) < 4.78 is 5.68. The Morgan fingerprint density at radius 2 is 2.05 bits per heavy atom. The topological polar surface area (TPSA) is 38.5 Å². The summed E-state index contributed by atoms with van der Waals surface area (Å²) in [6, 6.07) is 11.3. The van der Waals surface area contributed by atoms with Crippen LogP contribution < -0.4 is 5.73 Å². The average Bonchev–Trinajstić information content (AvgIpc) is 2.45. The van der Waals surface area contributed by atoms with Crippen LogP contribution in [0.2, 0.25) is 0 Å². The monoisotopic (exact) mass is 262 g/mol. The summed E-state index contributed by atoms with van der Waals surface area (Å²) in [5, 5.41) is 0. The van der Waals surface area contributed by atoms with Crippen molar-refractivity contribution < 1.29 is 4.74 Å². The third-order valence-corrected chi connectivity index (χ3v) is 3.75. The Morgan fingerprint density at radius 1 is 1.32 bits per heavy atom. The highest BCUT2D eigenvalue weighted by Crippen LogP contribution is 2.29. The minimum atomic E-state index is 0.187. The largest absolute Gasteiger partial charge is 0.374 e. The van der Waals surface area contributed by atoms with Crippen LogP contribution in [0.4, 0.5) is 0 Å². The molecule has 2 N–H and O–H groups in total. The number of ether oxygens (including phenoxy) is 1. The zero-order valence-electron chi connectivity index (χ0n) is 12.1. The van der Waals surface area contributed by atoms with Crippen molar-refractivity contribution in [3.05, 3.63) is 35.9 Å². The summed E-state index contributed by atoms with van der Waals surface area (Å²) in [6.45, 7) is 7.93. The number of hydrogen-bond donors (Lipinski definition) is 1. The molecular formula is C16H26N2O. The van der Waals surface area contributed by atoms with E-state index >= 15 is 0 Å². The molecule has 1 aliphatic heterocycles. The Labute approximate surface area is 116 Å². The Hall–Kier alpha value is -0.900. The van der Waals surface area contributed by atoms with Crippen molar-refractivity contribution in [2.24, 2.45) is 11.7 Å². The van der Waals surface area contributed by atoms with Crippen LogP contribution in [-0.2, 0) is 4.74 Å². The number of nitrogens with two attached hydrogens (primary N) is 1. The van der Waals surface area contributed by atoms with Gasteiger partial charge in [-0.2, -0.15) is 0 Å². The summed E-state index contributed by atoms with van der Waals surface area (Å²) in [4.78, 5) is 2.54. The fraction of sp³-hybridized carbons (Fsp3) is 0.625. The molecule has 1 aliphatic rings. The van der Waals surface area contributed by atoms with E-state index in [9.17, 15) is 0 Å². The minimum absolute atomic E-state index is 0.187. The molecule has 0 bridgehead atoms. The second-order valence-electron chi connectivity index (χ2n) is 5.78. The third-order valence-electron chi connectivity index (χ3n) is 3.75. The van der Waals surface area contributed by atoms with Gasteiger partial charge in [0.2, 0.25) is 0 Å². The van der Waals surface area contributed by atoms with E-state index in [0.29, 0.717) is 18.5 Å². The molecular weight excluding hydrogens is 236 g/mol. The SMILES string of the molecule is CC(C)CC(c1ccccc1)N1CCOC(CN)C1. The third kappa shape index (κ3) is 4.03. The number of benzene rings is 1. The Morgan fingerprint density at radius 3 is 2.68 bits per heavy atom. The molecule has 0 saturated carbocycles. The number of rotatable bonds is 5. The standard InChI is InChI=1S/C16H26N2O/c1-13(2)10-16(14-6-4-3-5-7-14)18-8-9-19-15(11-17)12-18/h3-7,13,15-16H,8-12,17H2,1-2H3. The molecule has 0 spiro atoms. The summed E-state index contributed by atoms with van der Waals surface area (Å²) in [6.07, 6.45) is 1.37. The molecule has 3 nitrogen and oxygen atoms in total. The highest BCUT2D eigenvalue weighted by Gasteiger charge is 2.27. The van der Waals surface area contributed by atoms with Crippen LogP contribution in [0.1, 0.15) is 31.9 Å². The molecule has 1 aromatic carbocycles. The Balaban J connectivity index is 2.13. The normalized spacial score (nSPS) is 22.6. The second-order valence-corrected chi connectivity index (χ2v) is 5.78. The van der Waals surface area contributed by atoms with Gasteiger partial charge in [0.25, 0.3) is 0 Å². The van der Waals surface area contributed by atoms with Gasteiger partial charge in [-0.1, -0.05) is 44.2 Å². The van der Waals surface area contributed by atoms with Crippen LogP contribution in [-0.4, -0.2) is 37.2 Å². The van der Waals surface area contributed by atoms with Crippen molar-refractivity contribution in [2.45, 2.75) is 32.4 Å². The van der Waals surface area contributed by atoms with Crippen molar-refractivity contribution in [1.29, 1.82) is 0 Å². The van der Waals surface area contributed by atoms with E-state index < -0.39 is 0 Å².